The fraction of sp³-hybridized carbons (Fsp3) is 0.500. The largest absolute Gasteiger partial charge is 0.508 e. The number of rotatable bonds is 6. The van der Waals surface area contributed by atoms with Gasteiger partial charge in [0.2, 0.25) is 5.91 Å². The van der Waals surface area contributed by atoms with E-state index in [1.54, 1.807) is 25.3 Å². The Bertz CT molecular complexity index is 1180. The highest BCUT2D eigenvalue weighted by Gasteiger charge is 2.47. The zero-order valence-corrected chi connectivity index (χ0v) is 21.6. The summed E-state index contributed by atoms with van der Waals surface area (Å²) in [7, 11) is 0. The number of hydrogen-bond donors (Lipinski definition) is 2. The maximum Gasteiger partial charge on any atom is 0.270 e. The number of likely N-dealkylation sites (tertiary alicyclic amines) is 1. The molecule has 5 rings (SSSR count). The van der Waals surface area contributed by atoms with E-state index in [-0.39, 0.29) is 34.9 Å². The van der Waals surface area contributed by atoms with Gasteiger partial charge in [0.15, 0.2) is 0 Å². The SMILES string of the molecule is CC#C[C@@H](CC(=O)N1CC2(CCC(NC(=O)c3cc(N4CCCC4)ccn3)CC2)C1)c1ccc(O)cc1. The molecule has 3 aliphatic rings. The van der Waals surface area contributed by atoms with Gasteiger partial charge in [0.25, 0.3) is 5.91 Å². The van der Waals surface area contributed by atoms with E-state index in [0.717, 1.165) is 63.1 Å². The summed E-state index contributed by atoms with van der Waals surface area (Å²) < 4.78 is 0. The Hall–Kier alpha value is -3.53. The van der Waals surface area contributed by atoms with Gasteiger partial charge in [-0.15, -0.1) is 5.92 Å². The van der Waals surface area contributed by atoms with Gasteiger partial charge in [-0.2, -0.15) is 0 Å². The van der Waals surface area contributed by atoms with Crippen LogP contribution in [0, 0.1) is 17.3 Å². The standard InChI is InChI=1S/C30H36N4O3/c1-2-5-23(22-6-8-26(35)9-7-22)18-28(36)34-20-30(21-34)13-10-24(11-14-30)32-29(37)27-19-25(12-15-31-27)33-16-3-4-17-33/h6-9,12,15,19,23-24,35H,3-4,10-11,13-14,16-18,20-21H2,1H3,(H,32,37)/t23-/m0/s1. The van der Waals surface area contributed by atoms with Crippen LogP contribution in [0.25, 0.3) is 0 Å². The first-order chi connectivity index (χ1) is 17.9. The predicted octanol–water partition coefficient (Wildman–Crippen LogP) is 4.09. The topological polar surface area (TPSA) is 85.8 Å². The van der Waals surface area contributed by atoms with Gasteiger partial charge in [0, 0.05) is 55.9 Å². The highest BCUT2D eigenvalue weighted by atomic mass is 16.3. The van der Waals surface area contributed by atoms with E-state index in [2.05, 4.69) is 27.0 Å². The van der Waals surface area contributed by atoms with Gasteiger partial charge in [-0.05, 0) is 75.3 Å². The molecule has 2 amide bonds. The van der Waals surface area contributed by atoms with Crippen molar-refractivity contribution in [1.82, 2.24) is 15.2 Å². The van der Waals surface area contributed by atoms with Crippen LogP contribution in [-0.2, 0) is 4.79 Å². The van der Waals surface area contributed by atoms with Gasteiger partial charge in [-0.1, -0.05) is 18.1 Å². The fourth-order valence-electron chi connectivity index (χ4n) is 6.04. The minimum absolute atomic E-state index is 0.0929. The number of aromatic hydroxyl groups is 1. The Morgan fingerprint density at radius 1 is 1.14 bits per heavy atom. The van der Waals surface area contributed by atoms with Crippen LogP contribution in [-0.4, -0.2) is 59.0 Å². The Morgan fingerprint density at radius 2 is 1.84 bits per heavy atom. The lowest BCUT2D eigenvalue weighted by molar-refractivity contribution is -0.146. The average Bonchev–Trinajstić information content (AvgIpc) is 3.43. The molecule has 2 aromatic rings. The Labute approximate surface area is 219 Å². The van der Waals surface area contributed by atoms with Gasteiger partial charge in [-0.3, -0.25) is 14.6 Å². The van der Waals surface area contributed by atoms with E-state index in [1.807, 2.05) is 29.2 Å². The third-order valence-electron chi connectivity index (χ3n) is 8.23. The fourth-order valence-corrected chi connectivity index (χ4v) is 6.04. The molecule has 1 aromatic carbocycles. The number of hydrogen-bond acceptors (Lipinski definition) is 5. The normalized spacial score (nSPS) is 19.6. The monoisotopic (exact) mass is 500 g/mol. The van der Waals surface area contributed by atoms with Crippen molar-refractivity contribution in [2.24, 2.45) is 5.41 Å². The second kappa shape index (κ2) is 10.8. The second-order valence-corrected chi connectivity index (χ2v) is 10.8. The van der Waals surface area contributed by atoms with Gasteiger partial charge < -0.3 is 20.2 Å². The third-order valence-corrected chi connectivity index (χ3v) is 8.23. The van der Waals surface area contributed by atoms with Crippen molar-refractivity contribution in [3.8, 4) is 17.6 Å². The van der Waals surface area contributed by atoms with Gasteiger partial charge in [0.05, 0.1) is 5.92 Å². The van der Waals surface area contributed by atoms with E-state index in [0.29, 0.717) is 12.1 Å². The minimum atomic E-state index is -0.168. The molecule has 3 fully saturated rings. The summed E-state index contributed by atoms with van der Waals surface area (Å²) in [5, 5.41) is 12.8. The lowest BCUT2D eigenvalue weighted by Gasteiger charge is -2.53. The number of phenols is 1. The number of anilines is 1. The molecule has 0 unspecified atom stereocenters. The van der Waals surface area contributed by atoms with E-state index < -0.39 is 0 Å². The van der Waals surface area contributed by atoms with E-state index >= 15 is 0 Å². The first kappa shape index (κ1) is 25.1. The molecule has 1 saturated carbocycles. The van der Waals surface area contributed by atoms with Gasteiger partial charge >= 0.3 is 0 Å². The van der Waals surface area contributed by atoms with Crippen LogP contribution in [0.15, 0.2) is 42.6 Å². The van der Waals surface area contributed by atoms with Crippen molar-refractivity contribution < 1.29 is 14.7 Å². The Kier molecular flexibility index (Phi) is 7.36. The van der Waals surface area contributed by atoms with Gasteiger partial charge in [-0.25, -0.2) is 0 Å². The Balaban J connectivity index is 1.10. The third kappa shape index (κ3) is 5.74. The summed E-state index contributed by atoms with van der Waals surface area (Å²) in [6.07, 6.45) is 8.36. The maximum atomic E-state index is 13.0. The number of phenolic OH excluding ortho intramolecular Hbond substituents is 1. The second-order valence-electron chi connectivity index (χ2n) is 10.8. The smallest absolute Gasteiger partial charge is 0.270 e. The average molecular weight is 501 g/mol. The van der Waals surface area contributed by atoms with E-state index in [9.17, 15) is 14.7 Å². The number of pyridine rings is 1. The van der Waals surface area contributed by atoms with Crippen molar-refractivity contribution in [2.45, 2.75) is 63.8 Å². The Morgan fingerprint density at radius 3 is 2.51 bits per heavy atom. The van der Waals surface area contributed by atoms with E-state index in [4.69, 9.17) is 0 Å². The molecule has 2 N–H and O–H groups in total. The number of nitrogens with one attached hydrogen (secondary N) is 1. The summed E-state index contributed by atoms with van der Waals surface area (Å²) in [5.41, 5.74) is 2.70. The summed E-state index contributed by atoms with van der Waals surface area (Å²) in [5.74, 6) is 6.17. The van der Waals surface area contributed by atoms with Crippen molar-refractivity contribution in [3.63, 3.8) is 0 Å². The van der Waals surface area contributed by atoms with Crippen LogP contribution in [0.5, 0.6) is 5.75 Å². The molecule has 0 radical (unpaired) electrons. The summed E-state index contributed by atoms with van der Waals surface area (Å²) in [6, 6.07) is 11.0. The molecule has 1 aromatic heterocycles. The number of carbonyl (C=O) groups excluding carboxylic acids is 2. The summed E-state index contributed by atoms with van der Waals surface area (Å²) >= 11 is 0. The highest BCUT2D eigenvalue weighted by Crippen LogP contribution is 2.44. The quantitative estimate of drug-likeness (QED) is 0.584. The number of nitrogens with zero attached hydrogens (tertiary/aromatic N) is 3. The van der Waals surface area contributed by atoms with Crippen LogP contribution < -0.4 is 10.2 Å². The molecule has 2 saturated heterocycles. The van der Waals surface area contributed by atoms with Gasteiger partial charge in [0.1, 0.15) is 11.4 Å². The highest BCUT2D eigenvalue weighted by molar-refractivity contribution is 5.93. The molecule has 194 valence electrons. The lowest BCUT2D eigenvalue weighted by atomic mass is 9.67. The first-order valence-electron chi connectivity index (χ1n) is 13.5. The number of benzene rings is 1. The molecular formula is C30H36N4O3. The van der Waals surface area contributed by atoms with Crippen LogP contribution in [0.2, 0.25) is 0 Å². The minimum Gasteiger partial charge on any atom is -0.508 e. The summed E-state index contributed by atoms with van der Waals surface area (Å²) in [6.45, 7) is 5.44. The summed E-state index contributed by atoms with van der Waals surface area (Å²) in [4.78, 5) is 34.5. The molecule has 2 aliphatic heterocycles. The molecule has 3 heterocycles. The molecule has 7 nitrogen and oxygen atoms in total. The van der Waals surface area contributed by atoms with Crippen LogP contribution >= 0.6 is 0 Å². The molecule has 7 heteroatoms. The zero-order valence-electron chi connectivity index (χ0n) is 21.6. The molecular weight excluding hydrogens is 464 g/mol. The number of carbonyl (C=O) groups is 2. The molecule has 37 heavy (non-hydrogen) atoms. The maximum absolute atomic E-state index is 13.0. The van der Waals surface area contributed by atoms with Crippen molar-refractivity contribution in [2.75, 3.05) is 31.1 Å². The van der Waals surface area contributed by atoms with Crippen molar-refractivity contribution >= 4 is 17.5 Å². The molecule has 1 atom stereocenters. The zero-order chi connectivity index (χ0) is 25.8. The molecule has 1 spiro atoms. The van der Waals surface area contributed by atoms with Crippen molar-refractivity contribution in [1.29, 1.82) is 0 Å². The first-order valence-corrected chi connectivity index (χ1v) is 13.5. The predicted molar refractivity (Wildman–Crippen MR) is 143 cm³/mol. The number of aromatic nitrogens is 1. The van der Waals surface area contributed by atoms with Crippen LogP contribution in [0.4, 0.5) is 5.69 Å². The number of amides is 2. The van der Waals surface area contributed by atoms with E-state index in [1.165, 1.54) is 12.8 Å². The van der Waals surface area contributed by atoms with Crippen LogP contribution in [0.1, 0.15) is 73.8 Å². The molecule has 1 aliphatic carbocycles. The lowest BCUT2D eigenvalue weighted by Crippen LogP contribution is -2.60. The molecule has 0 bridgehead atoms. The van der Waals surface area contributed by atoms with Crippen LogP contribution in [0.3, 0.4) is 0 Å². The van der Waals surface area contributed by atoms with Crippen molar-refractivity contribution in [3.05, 3.63) is 53.9 Å².